The van der Waals surface area contributed by atoms with Gasteiger partial charge in [0.1, 0.15) is 0 Å². The van der Waals surface area contributed by atoms with Gasteiger partial charge in [-0.1, -0.05) is 46.9 Å². The molecule has 0 aliphatic carbocycles. The van der Waals surface area contributed by atoms with E-state index in [0.29, 0.717) is 15.6 Å². The quantitative estimate of drug-likeness (QED) is 0.694. The molecule has 1 N–H and O–H groups in total. The molecule has 20 heavy (non-hydrogen) atoms. The van der Waals surface area contributed by atoms with Gasteiger partial charge in [-0.25, -0.2) is 5.43 Å². The molecule has 0 radical (unpaired) electrons. The van der Waals surface area contributed by atoms with E-state index in [1.165, 1.54) is 17.1 Å². The molecule has 2 rings (SSSR count). The van der Waals surface area contributed by atoms with Crippen LogP contribution in [0.5, 0.6) is 0 Å². The van der Waals surface area contributed by atoms with Crippen LogP contribution in [-0.4, -0.2) is 21.9 Å². The number of hydrazone groups is 1. The lowest BCUT2D eigenvalue weighted by Gasteiger charge is -2.00. The van der Waals surface area contributed by atoms with Crippen LogP contribution in [0, 0.1) is 0 Å². The molecule has 1 amide bonds. The van der Waals surface area contributed by atoms with Gasteiger partial charge in [0.2, 0.25) is 0 Å². The predicted octanol–water partition coefficient (Wildman–Crippen LogP) is 3.14. The second-order valence-electron chi connectivity index (χ2n) is 3.84. The Kier molecular flexibility index (Phi) is 4.65. The van der Waals surface area contributed by atoms with E-state index in [9.17, 15) is 4.79 Å². The third-order valence-electron chi connectivity index (χ3n) is 2.35. The fourth-order valence-electron chi connectivity index (χ4n) is 1.45. The number of amides is 1. The van der Waals surface area contributed by atoms with Crippen molar-refractivity contribution in [2.24, 2.45) is 12.1 Å². The van der Waals surface area contributed by atoms with E-state index >= 15 is 0 Å². The number of aromatic nitrogens is 2. The van der Waals surface area contributed by atoms with E-state index in [0.717, 1.165) is 0 Å². The fraction of sp³-hybridized carbons (Fsp3) is 0.0833. The van der Waals surface area contributed by atoms with Crippen LogP contribution in [0.2, 0.25) is 15.1 Å². The van der Waals surface area contributed by atoms with Crippen LogP contribution in [0.25, 0.3) is 0 Å². The molecule has 0 aliphatic rings. The van der Waals surface area contributed by atoms with Crippen molar-refractivity contribution in [3.8, 4) is 0 Å². The third kappa shape index (κ3) is 3.30. The van der Waals surface area contributed by atoms with Crippen LogP contribution < -0.4 is 5.43 Å². The summed E-state index contributed by atoms with van der Waals surface area (Å²) < 4.78 is 1.44. The molecule has 1 heterocycles. The minimum atomic E-state index is -0.509. The summed E-state index contributed by atoms with van der Waals surface area (Å²) in [6.07, 6.45) is 2.91. The normalized spacial score (nSPS) is 11.0. The number of carbonyl (C=O) groups excluding carboxylic acids is 1. The summed E-state index contributed by atoms with van der Waals surface area (Å²) in [5.41, 5.74) is 3.01. The lowest BCUT2D eigenvalue weighted by molar-refractivity contribution is 0.0949. The minimum absolute atomic E-state index is 0.100. The maximum Gasteiger partial charge on any atom is 0.293 e. The number of halogens is 3. The van der Waals surface area contributed by atoms with Gasteiger partial charge in [0.25, 0.3) is 5.91 Å². The van der Waals surface area contributed by atoms with Gasteiger partial charge >= 0.3 is 0 Å². The van der Waals surface area contributed by atoms with Gasteiger partial charge in [-0.05, 0) is 6.07 Å². The molecule has 0 saturated heterocycles. The maximum absolute atomic E-state index is 11.8. The van der Waals surface area contributed by atoms with Crippen molar-refractivity contribution >= 4 is 46.9 Å². The van der Waals surface area contributed by atoms with Crippen molar-refractivity contribution in [3.63, 3.8) is 0 Å². The van der Waals surface area contributed by atoms with Gasteiger partial charge in [-0.15, -0.1) is 0 Å². The zero-order valence-corrected chi connectivity index (χ0v) is 12.5. The molecular formula is C12H9Cl3N4O. The lowest BCUT2D eigenvalue weighted by atomic mass is 10.2. The maximum atomic E-state index is 11.8. The summed E-state index contributed by atoms with van der Waals surface area (Å²) in [6, 6.07) is 5.11. The number of nitrogens with zero attached hydrogens (tertiary/aromatic N) is 3. The van der Waals surface area contributed by atoms with Crippen LogP contribution in [0.1, 0.15) is 16.1 Å². The first-order valence-corrected chi connectivity index (χ1v) is 6.59. The minimum Gasteiger partial charge on any atom is -0.273 e. The van der Waals surface area contributed by atoms with E-state index < -0.39 is 5.91 Å². The number of aryl methyl sites for hydroxylation is 1. The van der Waals surface area contributed by atoms with Crippen LogP contribution >= 0.6 is 34.8 Å². The van der Waals surface area contributed by atoms with E-state index in [-0.39, 0.29) is 10.7 Å². The highest BCUT2D eigenvalue weighted by Gasteiger charge is 2.13. The lowest BCUT2D eigenvalue weighted by Crippen LogP contribution is -2.18. The second-order valence-corrected chi connectivity index (χ2v) is 5.03. The Bertz CT molecular complexity index is 681. The Hall–Kier alpha value is -1.56. The molecule has 0 saturated carbocycles. The zero-order chi connectivity index (χ0) is 14.7. The van der Waals surface area contributed by atoms with Gasteiger partial charge in [0, 0.05) is 18.8 Å². The molecule has 1 aromatic heterocycles. The van der Waals surface area contributed by atoms with Gasteiger partial charge in [-0.2, -0.15) is 10.2 Å². The monoisotopic (exact) mass is 330 g/mol. The van der Waals surface area contributed by atoms with Crippen molar-refractivity contribution < 1.29 is 4.79 Å². The Morgan fingerprint density at radius 3 is 2.75 bits per heavy atom. The van der Waals surface area contributed by atoms with Crippen molar-refractivity contribution in [1.82, 2.24) is 15.2 Å². The van der Waals surface area contributed by atoms with E-state index in [2.05, 4.69) is 15.6 Å². The number of rotatable bonds is 3. The van der Waals surface area contributed by atoms with Gasteiger partial charge < -0.3 is 0 Å². The molecule has 1 aromatic carbocycles. The zero-order valence-electron chi connectivity index (χ0n) is 10.3. The van der Waals surface area contributed by atoms with E-state index in [1.807, 2.05) is 0 Å². The summed E-state index contributed by atoms with van der Waals surface area (Å²) in [5, 5.41) is 8.74. The van der Waals surface area contributed by atoms with Gasteiger partial charge in [-0.3, -0.25) is 9.48 Å². The fourth-order valence-corrected chi connectivity index (χ4v) is 2.07. The third-order valence-corrected chi connectivity index (χ3v) is 3.46. The van der Waals surface area contributed by atoms with E-state index in [4.69, 9.17) is 34.8 Å². The molecule has 0 spiro atoms. The van der Waals surface area contributed by atoms with Crippen molar-refractivity contribution in [2.45, 2.75) is 0 Å². The summed E-state index contributed by atoms with van der Waals surface area (Å²) >= 11 is 17.7. The molecule has 0 aliphatic heterocycles. The Balaban J connectivity index is 2.08. The summed E-state index contributed by atoms with van der Waals surface area (Å²) in [5.74, 6) is -0.509. The number of hydrogen-bond donors (Lipinski definition) is 1. The summed E-state index contributed by atoms with van der Waals surface area (Å²) in [4.78, 5) is 11.8. The predicted molar refractivity (Wildman–Crippen MR) is 79.7 cm³/mol. The Labute approximate surface area is 130 Å². The van der Waals surface area contributed by atoms with Crippen molar-refractivity contribution in [1.29, 1.82) is 0 Å². The SMILES string of the molecule is Cn1cc(Cl)c(C(=O)N/N=C/c2cccc(Cl)c2Cl)n1. The molecule has 0 fully saturated rings. The molecule has 2 aromatic rings. The first-order chi connectivity index (χ1) is 9.49. The molecule has 0 bridgehead atoms. The van der Waals surface area contributed by atoms with Crippen LogP contribution in [0.4, 0.5) is 0 Å². The molecule has 5 nitrogen and oxygen atoms in total. The second kappa shape index (κ2) is 6.26. The number of carbonyl (C=O) groups is 1. The molecule has 0 atom stereocenters. The molecule has 104 valence electrons. The largest absolute Gasteiger partial charge is 0.293 e. The van der Waals surface area contributed by atoms with Gasteiger partial charge in [0.05, 0.1) is 21.3 Å². The van der Waals surface area contributed by atoms with Crippen molar-refractivity contribution in [3.05, 3.63) is 50.7 Å². The Morgan fingerprint density at radius 1 is 1.35 bits per heavy atom. The summed E-state index contributed by atoms with van der Waals surface area (Å²) in [7, 11) is 1.66. The smallest absolute Gasteiger partial charge is 0.273 e. The average molecular weight is 332 g/mol. The molecular weight excluding hydrogens is 323 g/mol. The average Bonchev–Trinajstić information content (AvgIpc) is 2.73. The van der Waals surface area contributed by atoms with Crippen LogP contribution in [0.3, 0.4) is 0 Å². The number of nitrogens with one attached hydrogen (secondary N) is 1. The van der Waals surface area contributed by atoms with E-state index in [1.54, 1.807) is 25.2 Å². The van der Waals surface area contributed by atoms with Crippen LogP contribution in [-0.2, 0) is 7.05 Å². The standard InChI is InChI=1S/C12H9Cl3N4O/c1-19-6-9(14)11(18-19)12(20)17-16-5-7-3-2-4-8(13)10(7)15/h2-6H,1H3,(H,17,20)/b16-5+. The molecule has 0 unspecified atom stereocenters. The highest BCUT2D eigenvalue weighted by molar-refractivity contribution is 6.43. The highest BCUT2D eigenvalue weighted by Crippen LogP contribution is 2.24. The number of benzene rings is 1. The first-order valence-electron chi connectivity index (χ1n) is 5.45. The number of hydrogen-bond acceptors (Lipinski definition) is 3. The van der Waals surface area contributed by atoms with Gasteiger partial charge in [0.15, 0.2) is 5.69 Å². The van der Waals surface area contributed by atoms with Crippen molar-refractivity contribution in [2.75, 3.05) is 0 Å². The van der Waals surface area contributed by atoms with Crippen LogP contribution in [0.15, 0.2) is 29.5 Å². The Morgan fingerprint density at radius 2 is 2.10 bits per heavy atom. The molecule has 8 heteroatoms. The highest BCUT2D eigenvalue weighted by atomic mass is 35.5. The first kappa shape index (κ1) is 14.8. The topological polar surface area (TPSA) is 59.3 Å². The summed E-state index contributed by atoms with van der Waals surface area (Å²) in [6.45, 7) is 0.